The van der Waals surface area contributed by atoms with Crippen molar-refractivity contribution in [2.24, 2.45) is 11.0 Å². The fraction of sp³-hybridized carbons (Fsp3) is 0.391. The zero-order valence-electron chi connectivity index (χ0n) is 17.5. The molecule has 1 atom stereocenters. The predicted molar refractivity (Wildman–Crippen MR) is 119 cm³/mol. The molecule has 0 aliphatic carbocycles. The molecule has 0 radical (unpaired) electrons. The highest BCUT2D eigenvalue weighted by atomic mass is 35.5. The number of nitrogens with one attached hydrogen (secondary N) is 1. The van der Waals surface area contributed by atoms with Crippen molar-refractivity contribution in [3.8, 4) is 0 Å². The van der Waals surface area contributed by atoms with Crippen LogP contribution in [0, 0.1) is 11.7 Å². The van der Waals surface area contributed by atoms with Gasteiger partial charge in [-0.15, -0.1) is 0 Å². The molecule has 8 heteroatoms. The summed E-state index contributed by atoms with van der Waals surface area (Å²) in [4.78, 5) is 13.6. The summed E-state index contributed by atoms with van der Waals surface area (Å²) in [6, 6.07) is 10.3. The van der Waals surface area contributed by atoms with Gasteiger partial charge in [-0.2, -0.15) is 5.10 Å². The Bertz CT molecular complexity index is 1040. The largest absolute Gasteiger partial charge is 0.335 e. The average Bonchev–Trinajstić information content (AvgIpc) is 3.12. The monoisotopic (exact) mass is 465 g/mol. The third kappa shape index (κ3) is 3.92. The van der Waals surface area contributed by atoms with Gasteiger partial charge in [0, 0.05) is 12.3 Å². The molecule has 1 unspecified atom stereocenters. The van der Waals surface area contributed by atoms with Crippen LogP contribution < -0.4 is 5.43 Å². The Morgan fingerprint density at radius 1 is 1.13 bits per heavy atom. The van der Waals surface area contributed by atoms with E-state index in [1.807, 2.05) is 32.9 Å². The Hall–Kier alpha value is -2.18. The summed E-state index contributed by atoms with van der Waals surface area (Å²) >= 11 is 11.9. The van der Waals surface area contributed by atoms with Gasteiger partial charge in [0.2, 0.25) is 5.91 Å². The molecule has 1 amide bonds. The molecular weight excluding hydrogens is 443 g/mol. The average molecular weight is 466 g/mol. The minimum absolute atomic E-state index is 0.0310. The van der Waals surface area contributed by atoms with Crippen LogP contribution in [0.1, 0.15) is 43.9 Å². The number of alkyl halides is 1. The number of likely N-dealkylation sites (tertiary alicyclic amines) is 1. The van der Waals surface area contributed by atoms with Crippen LogP contribution in [0.5, 0.6) is 0 Å². The highest BCUT2D eigenvalue weighted by Gasteiger charge is 2.47. The second-order valence-electron chi connectivity index (χ2n) is 8.82. The normalized spacial score (nSPS) is 22.2. The van der Waals surface area contributed by atoms with Crippen molar-refractivity contribution in [2.45, 2.75) is 38.4 Å². The summed E-state index contributed by atoms with van der Waals surface area (Å²) in [5.74, 6) is -0.813. The maximum absolute atomic E-state index is 15.2. The molecule has 1 fully saturated rings. The van der Waals surface area contributed by atoms with Gasteiger partial charge >= 0.3 is 0 Å². The first-order valence-corrected chi connectivity index (χ1v) is 10.9. The number of nitrogens with zero attached hydrogens (tertiary/aromatic N) is 2. The zero-order chi connectivity index (χ0) is 22.6. The first kappa shape index (κ1) is 22.0. The van der Waals surface area contributed by atoms with Gasteiger partial charge in [0.15, 0.2) is 11.5 Å². The third-order valence-corrected chi connectivity index (χ3v) is 6.55. The molecule has 4 nitrogen and oxygen atoms in total. The van der Waals surface area contributed by atoms with Gasteiger partial charge in [-0.25, -0.2) is 8.78 Å². The molecular formula is C23H23Cl2F2N3O. The van der Waals surface area contributed by atoms with Crippen LogP contribution in [0.2, 0.25) is 10.0 Å². The molecule has 31 heavy (non-hydrogen) atoms. The van der Waals surface area contributed by atoms with Crippen LogP contribution in [0.4, 0.5) is 8.78 Å². The molecule has 1 N–H and O–H groups in total. The van der Waals surface area contributed by atoms with Gasteiger partial charge in [-0.1, -0.05) is 61.3 Å². The number of halogens is 4. The summed E-state index contributed by atoms with van der Waals surface area (Å²) in [5, 5.41) is 4.36. The van der Waals surface area contributed by atoms with Gasteiger partial charge in [0.1, 0.15) is 0 Å². The Kier molecular flexibility index (Phi) is 5.51. The lowest BCUT2D eigenvalue weighted by molar-refractivity contribution is -0.149. The number of hydrazone groups is 1. The van der Waals surface area contributed by atoms with Crippen LogP contribution >= 0.6 is 23.2 Å². The van der Waals surface area contributed by atoms with E-state index in [4.69, 9.17) is 23.2 Å². The number of hydrogen-bond acceptors (Lipinski definition) is 3. The molecule has 0 saturated carbocycles. The molecule has 0 spiro atoms. The molecule has 0 bridgehead atoms. The minimum atomic E-state index is -1.52. The number of amides is 1. The molecule has 2 aliphatic heterocycles. The maximum Gasteiger partial charge on any atom is 0.225 e. The van der Waals surface area contributed by atoms with Crippen LogP contribution in [0.3, 0.4) is 0 Å². The number of hydrogen-bond donors (Lipinski definition) is 1. The molecule has 164 valence electrons. The Morgan fingerprint density at radius 3 is 2.26 bits per heavy atom. The van der Waals surface area contributed by atoms with Crippen LogP contribution in [-0.4, -0.2) is 29.6 Å². The fourth-order valence-corrected chi connectivity index (χ4v) is 4.52. The van der Waals surface area contributed by atoms with Crippen molar-refractivity contribution in [1.29, 1.82) is 0 Å². The van der Waals surface area contributed by atoms with E-state index < -0.39 is 17.0 Å². The number of benzene rings is 2. The molecule has 2 heterocycles. The first-order chi connectivity index (χ1) is 14.5. The zero-order valence-corrected chi connectivity index (χ0v) is 19.0. The summed E-state index contributed by atoms with van der Waals surface area (Å²) in [6.45, 7) is 5.72. The molecule has 1 saturated heterocycles. The van der Waals surface area contributed by atoms with E-state index in [0.717, 1.165) is 16.8 Å². The predicted octanol–water partition coefficient (Wildman–Crippen LogP) is 5.41. The van der Waals surface area contributed by atoms with Crippen molar-refractivity contribution in [3.63, 3.8) is 0 Å². The second-order valence-corrected chi connectivity index (χ2v) is 9.64. The molecule has 2 aliphatic rings. The highest BCUT2D eigenvalue weighted by Crippen LogP contribution is 2.38. The summed E-state index contributed by atoms with van der Waals surface area (Å²) < 4.78 is 29.0. The topological polar surface area (TPSA) is 44.7 Å². The second kappa shape index (κ2) is 7.75. The van der Waals surface area contributed by atoms with E-state index in [2.05, 4.69) is 10.5 Å². The summed E-state index contributed by atoms with van der Waals surface area (Å²) in [6.07, 6.45) is 0.530. The van der Waals surface area contributed by atoms with E-state index in [9.17, 15) is 9.18 Å². The van der Waals surface area contributed by atoms with Crippen molar-refractivity contribution >= 4 is 34.8 Å². The van der Waals surface area contributed by atoms with Crippen molar-refractivity contribution < 1.29 is 13.6 Å². The number of carbonyl (C=O) groups is 1. The van der Waals surface area contributed by atoms with Crippen molar-refractivity contribution in [2.75, 3.05) is 13.1 Å². The van der Waals surface area contributed by atoms with E-state index in [1.54, 1.807) is 29.2 Å². The fourth-order valence-electron chi connectivity index (χ4n) is 4.04. The Labute approximate surface area is 190 Å². The molecule has 2 aromatic rings. The summed E-state index contributed by atoms with van der Waals surface area (Å²) in [5.41, 5.74) is 3.92. The lowest BCUT2D eigenvalue weighted by atomic mass is 9.84. The van der Waals surface area contributed by atoms with Crippen molar-refractivity contribution in [1.82, 2.24) is 10.3 Å². The smallest absolute Gasteiger partial charge is 0.225 e. The number of carbonyl (C=O) groups excluding carboxylic acids is 1. The van der Waals surface area contributed by atoms with E-state index in [1.165, 1.54) is 0 Å². The molecule has 4 rings (SSSR count). The molecule has 2 aromatic carbocycles. The lowest BCUT2D eigenvalue weighted by Crippen LogP contribution is -2.59. The first-order valence-electron chi connectivity index (χ1n) is 10.1. The highest BCUT2D eigenvalue weighted by molar-refractivity contribution is 6.35. The quantitative estimate of drug-likeness (QED) is 0.613. The SMILES string of the molecule is CC(C)C(=O)N1CC(F)(c2ccc(C3=NNC(C)(c4cc(Cl)c(F)c(Cl)c4)C3)cc2)C1. The van der Waals surface area contributed by atoms with E-state index in [0.29, 0.717) is 12.0 Å². The van der Waals surface area contributed by atoms with Crippen molar-refractivity contribution in [3.05, 3.63) is 69.0 Å². The van der Waals surface area contributed by atoms with Gasteiger partial charge in [0.05, 0.1) is 34.4 Å². The summed E-state index contributed by atoms with van der Waals surface area (Å²) in [7, 11) is 0. The van der Waals surface area contributed by atoms with E-state index in [-0.39, 0.29) is 35.0 Å². The van der Waals surface area contributed by atoms with E-state index >= 15 is 4.39 Å². The third-order valence-electron chi connectivity index (χ3n) is 6.00. The Balaban J connectivity index is 1.47. The number of rotatable bonds is 4. The Morgan fingerprint density at radius 2 is 1.71 bits per heavy atom. The standard InChI is InChI=1S/C23H23Cl2F2N3O/c1-13(2)21(31)30-11-23(27,12-30)15-6-4-14(5-7-15)19-10-22(3,29-28-19)16-8-17(24)20(26)18(25)9-16/h4-9,13,29H,10-12H2,1-3H3. The van der Waals surface area contributed by atoms with Gasteiger partial charge in [-0.05, 0) is 35.7 Å². The van der Waals surface area contributed by atoms with Crippen LogP contribution in [0.15, 0.2) is 41.5 Å². The maximum atomic E-state index is 15.2. The van der Waals surface area contributed by atoms with Gasteiger partial charge in [0.25, 0.3) is 0 Å². The van der Waals surface area contributed by atoms with Gasteiger partial charge < -0.3 is 4.90 Å². The lowest BCUT2D eigenvalue weighted by Gasteiger charge is -2.45. The molecule has 0 aromatic heterocycles. The van der Waals surface area contributed by atoms with Crippen LogP contribution in [0.25, 0.3) is 0 Å². The van der Waals surface area contributed by atoms with Gasteiger partial charge in [-0.3, -0.25) is 10.2 Å². The minimum Gasteiger partial charge on any atom is -0.335 e. The van der Waals surface area contributed by atoms with Crippen LogP contribution in [-0.2, 0) is 16.0 Å².